The molecule has 0 heterocycles. The molecule has 0 aliphatic carbocycles. The first-order valence-electron chi connectivity index (χ1n) is 5.51. The highest BCUT2D eigenvalue weighted by atomic mass is 79.9. The Bertz CT molecular complexity index is 625. The van der Waals surface area contributed by atoms with Crippen LogP contribution >= 0.6 is 27.5 Å². The number of rotatable bonds is 2. The van der Waals surface area contributed by atoms with Crippen LogP contribution in [0.4, 0.5) is 10.1 Å². The normalized spacial score (nSPS) is 10.3. The van der Waals surface area contributed by atoms with Gasteiger partial charge < -0.3 is 5.32 Å². The highest BCUT2D eigenvalue weighted by Crippen LogP contribution is 2.27. The molecule has 2 aromatic rings. The van der Waals surface area contributed by atoms with Crippen LogP contribution in [-0.2, 0) is 0 Å². The minimum Gasteiger partial charge on any atom is -0.318 e. The zero-order valence-electron chi connectivity index (χ0n) is 10.0. The summed E-state index contributed by atoms with van der Waals surface area (Å²) < 4.78 is 14.3. The van der Waals surface area contributed by atoms with Gasteiger partial charge in [0.05, 0.1) is 16.3 Å². The highest BCUT2D eigenvalue weighted by Gasteiger charge is 2.15. The maximum Gasteiger partial charge on any atom is 0.256 e. The van der Waals surface area contributed by atoms with E-state index in [-0.39, 0.29) is 10.7 Å². The fourth-order valence-electron chi connectivity index (χ4n) is 1.62. The molecular weight excluding hydrogens is 333 g/mol. The van der Waals surface area contributed by atoms with E-state index in [1.54, 1.807) is 12.1 Å². The van der Waals surface area contributed by atoms with Gasteiger partial charge in [-0.05, 0) is 46.6 Å². The predicted molar refractivity (Wildman–Crippen MR) is 78.2 cm³/mol. The lowest BCUT2D eigenvalue weighted by Crippen LogP contribution is -2.14. The summed E-state index contributed by atoms with van der Waals surface area (Å²) in [7, 11) is 0. The number of benzene rings is 2. The van der Waals surface area contributed by atoms with Gasteiger partial charge >= 0.3 is 0 Å². The fraction of sp³-hybridized carbons (Fsp3) is 0.0714. The second-order valence-electron chi connectivity index (χ2n) is 3.99. The largest absolute Gasteiger partial charge is 0.318 e. The molecule has 0 aromatic heterocycles. The van der Waals surface area contributed by atoms with Crippen molar-refractivity contribution >= 4 is 39.1 Å². The molecule has 19 heavy (non-hydrogen) atoms. The van der Waals surface area contributed by atoms with Crippen LogP contribution in [0.25, 0.3) is 0 Å². The Hall–Kier alpha value is -1.39. The Morgan fingerprint density at radius 1 is 1.26 bits per heavy atom. The molecule has 2 rings (SSSR count). The SMILES string of the molecule is Cc1cccc(C(=O)Nc2c(F)cccc2Cl)c1Br. The molecule has 0 bridgehead atoms. The van der Waals surface area contributed by atoms with Gasteiger partial charge in [-0.2, -0.15) is 0 Å². The standard InChI is InChI=1S/C14H10BrClFNO/c1-8-4-2-5-9(12(8)15)14(19)18-13-10(16)6-3-7-11(13)17/h2-7H,1H3,(H,18,19). The third-order valence-electron chi connectivity index (χ3n) is 2.64. The van der Waals surface area contributed by atoms with Crippen LogP contribution in [0, 0.1) is 12.7 Å². The van der Waals surface area contributed by atoms with Crippen LogP contribution in [0.2, 0.25) is 5.02 Å². The zero-order valence-corrected chi connectivity index (χ0v) is 12.3. The molecule has 0 fully saturated rings. The number of carbonyl (C=O) groups excluding carboxylic acids is 1. The Morgan fingerprint density at radius 2 is 1.95 bits per heavy atom. The summed E-state index contributed by atoms with van der Waals surface area (Å²) in [6.07, 6.45) is 0. The van der Waals surface area contributed by atoms with Gasteiger partial charge in [0.15, 0.2) is 0 Å². The van der Waals surface area contributed by atoms with Crippen molar-refractivity contribution < 1.29 is 9.18 Å². The monoisotopic (exact) mass is 341 g/mol. The topological polar surface area (TPSA) is 29.1 Å². The number of hydrogen-bond acceptors (Lipinski definition) is 1. The maximum atomic E-state index is 13.6. The summed E-state index contributed by atoms with van der Waals surface area (Å²) in [4.78, 5) is 12.1. The van der Waals surface area contributed by atoms with Crippen molar-refractivity contribution in [2.75, 3.05) is 5.32 Å². The molecule has 0 spiro atoms. The van der Waals surface area contributed by atoms with E-state index in [0.717, 1.165) is 5.56 Å². The highest BCUT2D eigenvalue weighted by molar-refractivity contribution is 9.10. The number of hydrogen-bond donors (Lipinski definition) is 1. The summed E-state index contributed by atoms with van der Waals surface area (Å²) in [6.45, 7) is 1.87. The molecule has 0 saturated carbocycles. The van der Waals surface area contributed by atoms with E-state index in [1.165, 1.54) is 18.2 Å². The molecule has 98 valence electrons. The van der Waals surface area contributed by atoms with Crippen molar-refractivity contribution in [1.29, 1.82) is 0 Å². The van der Waals surface area contributed by atoms with Gasteiger partial charge in [-0.15, -0.1) is 0 Å². The summed E-state index contributed by atoms with van der Waals surface area (Å²) in [6, 6.07) is 9.53. The fourth-order valence-corrected chi connectivity index (χ4v) is 2.28. The van der Waals surface area contributed by atoms with Crippen LogP contribution in [0.5, 0.6) is 0 Å². The summed E-state index contributed by atoms with van der Waals surface area (Å²) in [5.74, 6) is -0.979. The van der Waals surface area contributed by atoms with Gasteiger partial charge in [0.25, 0.3) is 5.91 Å². The first kappa shape index (κ1) is 14.0. The van der Waals surface area contributed by atoms with Crippen molar-refractivity contribution in [2.45, 2.75) is 6.92 Å². The molecule has 2 nitrogen and oxygen atoms in total. The van der Waals surface area contributed by atoms with Crippen molar-refractivity contribution in [3.05, 3.63) is 62.8 Å². The number of nitrogens with one attached hydrogen (secondary N) is 1. The van der Waals surface area contributed by atoms with Gasteiger partial charge in [-0.25, -0.2) is 4.39 Å². The third-order valence-corrected chi connectivity index (χ3v) is 4.01. The van der Waals surface area contributed by atoms with E-state index in [2.05, 4.69) is 21.2 Å². The van der Waals surface area contributed by atoms with E-state index in [0.29, 0.717) is 10.0 Å². The van der Waals surface area contributed by atoms with E-state index in [4.69, 9.17) is 11.6 Å². The van der Waals surface area contributed by atoms with Crippen LogP contribution in [-0.4, -0.2) is 5.91 Å². The Morgan fingerprint density at radius 3 is 2.63 bits per heavy atom. The van der Waals surface area contributed by atoms with Crippen LogP contribution in [0.1, 0.15) is 15.9 Å². The van der Waals surface area contributed by atoms with E-state index < -0.39 is 11.7 Å². The number of anilines is 1. The van der Waals surface area contributed by atoms with Gasteiger partial charge in [-0.1, -0.05) is 29.8 Å². The maximum absolute atomic E-state index is 13.6. The molecule has 0 aliphatic heterocycles. The second kappa shape index (κ2) is 5.72. The summed E-state index contributed by atoms with van der Waals surface area (Å²) in [5, 5.41) is 2.65. The predicted octanol–water partition coefficient (Wildman–Crippen LogP) is 4.80. The van der Waals surface area contributed by atoms with Gasteiger partial charge in [-0.3, -0.25) is 4.79 Å². The molecule has 0 saturated heterocycles. The molecule has 2 aromatic carbocycles. The van der Waals surface area contributed by atoms with E-state index >= 15 is 0 Å². The van der Waals surface area contributed by atoms with Gasteiger partial charge in [0, 0.05) is 4.47 Å². The average Bonchev–Trinajstić information content (AvgIpc) is 2.37. The molecule has 1 amide bonds. The van der Waals surface area contributed by atoms with Crippen LogP contribution in [0.15, 0.2) is 40.9 Å². The molecule has 1 N–H and O–H groups in total. The molecular formula is C14H10BrClFNO. The second-order valence-corrected chi connectivity index (χ2v) is 5.19. The van der Waals surface area contributed by atoms with E-state index in [9.17, 15) is 9.18 Å². The van der Waals surface area contributed by atoms with Crippen LogP contribution < -0.4 is 5.32 Å². The lowest BCUT2D eigenvalue weighted by atomic mass is 10.1. The Kier molecular flexibility index (Phi) is 4.22. The van der Waals surface area contributed by atoms with E-state index in [1.807, 2.05) is 13.0 Å². The van der Waals surface area contributed by atoms with Crippen molar-refractivity contribution in [3.63, 3.8) is 0 Å². The van der Waals surface area contributed by atoms with Crippen molar-refractivity contribution in [3.8, 4) is 0 Å². The van der Waals surface area contributed by atoms with Gasteiger partial charge in [0.1, 0.15) is 5.82 Å². The lowest BCUT2D eigenvalue weighted by Gasteiger charge is -2.10. The molecule has 0 aliphatic rings. The smallest absolute Gasteiger partial charge is 0.256 e. The average molecular weight is 343 g/mol. The number of aryl methyl sites for hydroxylation is 1. The lowest BCUT2D eigenvalue weighted by molar-refractivity contribution is 0.102. The molecule has 5 heteroatoms. The third kappa shape index (κ3) is 2.96. The molecule has 0 unspecified atom stereocenters. The summed E-state index contributed by atoms with van der Waals surface area (Å²) in [5.41, 5.74) is 1.34. The Balaban J connectivity index is 2.34. The number of amides is 1. The minimum atomic E-state index is -0.565. The summed E-state index contributed by atoms with van der Waals surface area (Å²) >= 11 is 9.21. The molecule has 0 radical (unpaired) electrons. The van der Waals surface area contributed by atoms with Crippen molar-refractivity contribution in [2.24, 2.45) is 0 Å². The van der Waals surface area contributed by atoms with Crippen molar-refractivity contribution in [1.82, 2.24) is 0 Å². The Labute approximate surface area is 123 Å². The first-order chi connectivity index (χ1) is 9.00. The quantitative estimate of drug-likeness (QED) is 0.834. The number of carbonyl (C=O) groups is 1. The first-order valence-corrected chi connectivity index (χ1v) is 6.68. The number of para-hydroxylation sites is 1. The zero-order chi connectivity index (χ0) is 14.0. The minimum absolute atomic E-state index is 0.0115. The molecule has 0 atom stereocenters. The number of halogens is 3. The van der Waals surface area contributed by atoms with Gasteiger partial charge in [0.2, 0.25) is 0 Å². The van der Waals surface area contributed by atoms with Crippen LogP contribution in [0.3, 0.4) is 0 Å².